The van der Waals surface area contributed by atoms with E-state index in [0.717, 1.165) is 6.42 Å². The van der Waals surface area contributed by atoms with E-state index in [1.165, 1.54) is 26.4 Å². The fourth-order valence-corrected chi connectivity index (χ4v) is 3.97. The van der Waals surface area contributed by atoms with Crippen molar-refractivity contribution in [1.82, 2.24) is 0 Å². The lowest BCUT2D eigenvalue weighted by molar-refractivity contribution is -0.117. The lowest BCUT2D eigenvalue weighted by Crippen LogP contribution is -2.25. The van der Waals surface area contributed by atoms with E-state index in [0.29, 0.717) is 35.8 Å². The zero-order chi connectivity index (χ0) is 18.7. The fourth-order valence-electron chi connectivity index (χ4n) is 2.88. The van der Waals surface area contributed by atoms with Crippen LogP contribution in [0.2, 0.25) is 0 Å². The SMILES string of the molecule is COc1ccccc1NS(=O)(=O)c1ccc(OC)c(N2CCCC2=O)c1. The standard InChI is InChI=1S/C18H20N2O5S/c1-24-16-7-4-3-6-14(16)19-26(22,23)13-9-10-17(25-2)15(12-13)20-11-5-8-18(20)21/h3-4,6-7,9-10,12,19H,5,8,11H2,1-2H3. The molecule has 1 saturated heterocycles. The molecule has 1 aliphatic rings. The van der Waals surface area contributed by atoms with Crippen LogP contribution in [0.15, 0.2) is 47.4 Å². The molecule has 7 nitrogen and oxygen atoms in total. The third-order valence-electron chi connectivity index (χ3n) is 4.18. The molecular weight excluding hydrogens is 356 g/mol. The van der Waals surface area contributed by atoms with Gasteiger partial charge in [-0.05, 0) is 36.8 Å². The van der Waals surface area contributed by atoms with Crippen LogP contribution >= 0.6 is 0 Å². The van der Waals surface area contributed by atoms with Gasteiger partial charge in [0, 0.05) is 13.0 Å². The first-order valence-electron chi connectivity index (χ1n) is 8.10. The predicted molar refractivity (Wildman–Crippen MR) is 98.4 cm³/mol. The molecule has 0 unspecified atom stereocenters. The minimum Gasteiger partial charge on any atom is -0.495 e. The smallest absolute Gasteiger partial charge is 0.262 e. The summed E-state index contributed by atoms with van der Waals surface area (Å²) in [6.07, 6.45) is 1.18. The Balaban J connectivity index is 1.98. The van der Waals surface area contributed by atoms with Gasteiger partial charge in [0.1, 0.15) is 11.5 Å². The molecule has 1 aliphatic heterocycles. The first kappa shape index (κ1) is 18.1. The van der Waals surface area contributed by atoms with Crippen molar-refractivity contribution in [3.05, 3.63) is 42.5 Å². The molecule has 1 heterocycles. The number of hydrogen-bond donors (Lipinski definition) is 1. The minimum absolute atomic E-state index is 0.0407. The van der Waals surface area contributed by atoms with Crippen molar-refractivity contribution in [3.63, 3.8) is 0 Å². The maximum atomic E-state index is 12.8. The lowest BCUT2D eigenvalue weighted by Gasteiger charge is -2.20. The molecule has 0 saturated carbocycles. The molecule has 8 heteroatoms. The van der Waals surface area contributed by atoms with Gasteiger partial charge in [-0.1, -0.05) is 12.1 Å². The molecule has 0 atom stereocenters. The second kappa shape index (κ2) is 7.25. The van der Waals surface area contributed by atoms with E-state index < -0.39 is 10.0 Å². The van der Waals surface area contributed by atoms with Gasteiger partial charge in [-0.15, -0.1) is 0 Å². The first-order valence-corrected chi connectivity index (χ1v) is 9.59. The van der Waals surface area contributed by atoms with Gasteiger partial charge in [0.25, 0.3) is 10.0 Å². The third kappa shape index (κ3) is 3.45. The summed E-state index contributed by atoms with van der Waals surface area (Å²) in [7, 11) is -0.907. The molecule has 3 rings (SSSR count). The number of nitrogens with zero attached hydrogens (tertiary/aromatic N) is 1. The van der Waals surface area contributed by atoms with Gasteiger partial charge in [0.05, 0.1) is 30.5 Å². The highest BCUT2D eigenvalue weighted by Gasteiger charge is 2.27. The fraction of sp³-hybridized carbons (Fsp3) is 0.278. The van der Waals surface area contributed by atoms with Gasteiger partial charge < -0.3 is 14.4 Å². The molecule has 1 fully saturated rings. The van der Waals surface area contributed by atoms with Crippen molar-refractivity contribution in [2.75, 3.05) is 30.4 Å². The average molecular weight is 376 g/mol. The van der Waals surface area contributed by atoms with Crippen LogP contribution in [-0.2, 0) is 14.8 Å². The van der Waals surface area contributed by atoms with Crippen molar-refractivity contribution in [2.45, 2.75) is 17.7 Å². The van der Waals surface area contributed by atoms with Crippen molar-refractivity contribution < 1.29 is 22.7 Å². The molecule has 0 bridgehead atoms. The number of rotatable bonds is 6. The Labute approximate surface area is 152 Å². The normalized spacial score (nSPS) is 14.4. The first-order chi connectivity index (χ1) is 12.5. The van der Waals surface area contributed by atoms with Gasteiger partial charge in [0.2, 0.25) is 5.91 Å². The van der Waals surface area contributed by atoms with Crippen molar-refractivity contribution in [3.8, 4) is 11.5 Å². The number of para-hydroxylation sites is 2. The topological polar surface area (TPSA) is 84.9 Å². The molecule has 138 valence electrons. The summed E-state index contributed by atoms with van der Waals surface area (Å²) in [6, 6.07) is 11.2. The number of nitrogens with one attached hydrogen (secondary N) is 1. The van der Waals surface area contributed by atoms with Gasteiger partial charge in [-0.2, -0.15) is 0 Å². The Bertz CT molecular complexity index is 927. The van der Waals surface area contributed by atoms with Gasteiger partial charge in [-0.3, -0.25) is 9.52 Å². The molecule has 0 aromatic heterocycles. The van der Waals surface area contributed by atoms with E-state index in [9.17, 15) is 13.2 Å². The maximum Gasteiger partial charge on any atom is 0.262 e. The number of carbonyl (C=O) groups excluding carboxylic acids is 1. The number of sulfonamides is 1. The number of benzene rings is 2. The summed E-state index contributed by atoms with van der Waals surface area (Å²) in [5.74, 6) is 0.826. The number of ether oxygens (including phenoxy) is 2. The summed E-state index contributed by atoms with van der Waals surface area (Å²) < 4.78 is 38.6. The Morgan fingerprint density at radius 3 is 2.42 bits per heavy atom. The molecule has 2 aromatic rings. The monoisotopic (exact) mass is 376 g/mol. The Hall–Kier alpha value is -2.74. The number of methoxy groups -OCH3 is 2. The molecule has 2 aromatic carbocycles. The summed E-state index contributed by atoms with van der Waals surface area (Å²) in [4.78, 5) is 13.7. The largest absolute Gasteiger partial charge is 0.495 e. The highest BCUT2D eigenvalue weighted by Crippen LogP contribution is 2.34. The van der Waals surface area contributed by atoms with E-state index in [2.05, 4.69) is 4.72 Å². The highest BCUT2D eigenvalue weighted by molar-refractivity contribution is 7.92. The van der Waals surface area contributed by atoms with E-state index in [-0.39, 0.29) is 10.8 Å². The molecule has 0 aliphatic carbocycles. The summed E-state index contributed by atoms with van der Waals surface area (Å²) in [5, 5.41) is 0. The van der Waals surface area contributed by atoms with Crippen LogP contribution in [0.3, 0.4) is 0 Å². The summed E-state index contributed by atoms with van der Waals surface area (Å²) >= 11 is 0. The van der Waals surface area contributed by atoms with Crippen LogP contribution < -0.4 is 19.1 Å². The van der Waals surface area contributed by atoms with E-state index in [4.69, 9.17) is 9.47 Å². The van der Waals surface area contributed by atoms with E-state index in [1.807, 2.05) is 0 Å². The second-order valence-electron chi connectivity index (χ2n) is 5.79. The highest BCUT2D eigenvalue weighted by atomic mass is 32.2. The van der Waals surface area contributed by atoms with Gasteiger partial charge in [-0.25, -0.2) is 8.42 Å². The average Bonchev–Trinajstić information content (AvgIpc) is 3.07. The molecule has 0 spiro atoms. The molecule has 0 radical (unpaired) electrons. The predicted octanol–water partition coefficient (Wildman–Crippen LogP) is 2.63. The molecule has 1 N–H and O–H groups in total. The maximum absolute atomic E-state index is 12.8. The second-order valence-corrected chi connectivity index (χ2v) is 7.47. The number of carbonyl (C=O) groups is 1. The van der Waals surface area contributed by atoms with Gasteiger partial charge >= 0.3 is 0 Å². The lowest BCUT2D eigenvalue weighted by atomic mass is 10.2. The zero-order valence-corrected chi connectivity index (χ0v) is 15.4. The number of anilines is 2. The Morgan fingerprint density at radius 1 is 1.04 bits per heavy atom. The number of amides is 1. The van der Waals surface area contributed by atoms with Gasteiger partial charge in [0.15, 0.2) is 0 Å². The van der Waals surface area contributed by atoms with Crippen LogP contribution in [0.25, 0.3) is 0 Å². The van der Waals surface area contributed by atoms with E-state index >= 15 is 0 Å². The summed E-state index contributed by atoms with van der Waals surface area (Å²) in [6.45, 7) is 0.540. The van der Waals surface area contributed by atoms with Crippen LogP contribution in [0, 0.1) is 0 Å². The Morgan fingerprint density at radius 2 is 1.77 bits per heavy atom. The van der Waals surface area contributed by atoms with Crippen molar-refractivity contribution in [2.24, 2.45) is 0 Å². The van der Waals surface area contributed by atoms with Crippen LogP contribution in [0.5, 0.6) is 11.5 Å². The van der Waals surface area contributed by atoms with Crippen LogP contribution in [0.4, 0.5) is 11.4 Å². The van der Waals surface area contributed by atoms with Crippen molar-refractivity contribution in [1.29, 1.82) is 0 Å². The van der Waals surface area contributed by atoms with E-state index in [1.54, 1.807) is 35.2 Å². The third-order valence-corrected chi connectivity index (χ3v) is 5.54. The Kier molecular flexibility index (Phi) is 5.03. The molecular formula is C18H20N2O5S. The van der Waals surface area contributed by atoms with Crippen LogP contribution in [-0.4, -0.2) is 35.1 Å². The quantitative estimate of drug-likeness (QED) is 0.838. The van der Waals surface area contributed by atoms with Crippen molar-refractivity contribution >= 4 is 27.3 Å². The molecule has 26 heavy (non-hydrogen) atoms. The minimum atomic E-state index is -3.86. The molecule has 1 amide bonds. The summed E-state index contributed by atoms with van der Waals surface area (Å²) in [5.41, 5.74) is 0.794. The number of hydrogen-bond acceptors (Lipinski definition) is 5. The van der Waals surface area contributed by atoms with Crippen LogP contribution in [0.1, 0.15) is 12.8 Å². The zero-order valence-electron chi connectivity index (χ0n) is 14.6.